The lowest BCUT2D eigenvalue weighted by atomic mass is 10.0. The van der Waals surface area contributed by atoms with E-state index in [1.807, 2.05) is 0 Å². The van der Waals surface area contributed by atoms with Crippen LogP contribution < -0.4 is 0 Å². The van der Waals surface area contributed by atoms with Crippen LogP contribution >= 0.6 is 0 Å². The average molecular weight is 914 g/mol. The molecule has 0 aromatic carbocycles. The fourth-order valence-electron chi connectivity index (χ4n) is 8.33. The van der Waals surface area contributed by atoms with Crippen LogP contribution in [-0.4, -0.2) is 37.2 Å². The summed E-state index contributed by atoms with van der Waals surface area (Å²) in [4.78, 5) is 38.1. The summed E-state index contributed by atoms with van der Waals surface area (Å²) in [5.41, 5.74) is 0. The Bertz CT molecular complexity index is 1090. The predicted octanol–water partition coefficient (Wildman–Crippen LogP) is 18.9. The second-order valence-electron chi connectivity index (χ2n) is 19.2. The molecule has 380 valence electrons. The largest absolute Gasteiger partial charge is 0.462 e. The number of carbonyl (C=O) groups is 3. The zero-order chi connectivity index (χ0) is 47.2. The topological polar surface area (TPSA) is 78.9 Å². The van der Waals surface area contributed by atoms with E-state index in [4.69, 9.17) is 14.2 Å². The van der Waals surface area contributed by atoms with Crippen LogP contribution in [0.2, 0.25) is 0 Å². The van der Waals surface area contributed by atoms with Crippen LogP contribution in [0, 0.1) is 0 Å². The summed E-state index contributed by atoms with van der Waals surface area (Å²) in [7, 11) is 0. The van der Waals surface area contributed by atoms with Gasteiger partial charge >= 0.3 is 17.9 Å². The van der Waals surface area contributed by atoms with Crippen molar-refractivity contribution in [3.05, 3.63) is 36.5 Å². The van der Waals surface area contributed by atoms with E-state index in [2.05, 4.69) is 57.2 Å². The highest BCUT2D eigenvalue weighted by molar-refractivity contribution is 5.71. The Hall–Kier alpha value is -2.37. The van der Waals surface area contributed by atoms with E-state index in [-0.39, 0.29) is 31.1 Å². The summed E-state index contributed by atoms with van der Waals surface area (Å²) >= 11 is 0. The molecule has 0 aromatic rings. The van der Waals surface area contributed by atoms with E-state index in [0.29, 0.717) is 19.3 Å². The maximum absolute atomic E-state index is 12.8. The Balaban J connectivity index is 4.35. The van der Waals surface area contributed by atoms with Crippen molar-refractivity contribution in [2.24, 2.45) is 0 Å². The van der Waals surface area contributed by atoms with Gasteiger partial charge in [-0.15, -0.1) is 0 Å². The fourth-order valence-corrected chi connectivity index (χ4v) is 8.33. The Kier molecular flexibility index (Phi) is 52.3. The molecule has 0 heterocycles. The van der Waals surface area contributed by atoms with Crippen molar-refractivity contribution >= 4 is 17.9 Å². The minimum absolute atomic E-state index is 0.0715. The van der Waals surface area contributed by atoms with E-state index >= 15 is 0 Å². The predicted molar refractivity (Wildman–Crippen MR) is 279 cm³/mol. The van der Waals surface area contributed by atoms with Crippen molar-refractivity contribution in [3.8, 4) is 0 Å². The van der Waals surface area contributed by atoms with Crippen molar-refractivity contribution in [1.82, 2.24) is 0 Å². The molecule has 0 rings (SSSR count). The van der Waals surface area contributed by atoms with Crippen molar-refractivity contribution in [3.63, 3.8) is 0 Å². The van der Waals surface area contributed by atoms with Crippen LogP contribution in [0.15, 0.2) is 36.5 Å². The smallest absolute Gasteiger partial charge is 0.306 e. The molecule has 1 atom stereocenters. The van der Waals surface area contributed by atoms with Gasteiger partial charge < -0.3 is 14.2 Å². The number of unbranched alkanes of at least 4 members (excludes halogenated alkanes) is 35. The first-order chi connectivity index (χ1) is 32.0. The van der Waals surface area contributed by atoms with Crippen molar-refractivity contribution in [2.45, 2.75) is 309 Å². The molecule has 0 N–H and O–H groups in total. The fraction of sp³-hybridized carbons (Fsp3) is 0.847. The Morgan fingerprint density at radius 3 is 0.892 bits per heavy atom. The van der Waals surface area contributed by atoms with E-state index in [1.54, 1.807) is 0 Å². The van der Waals surface area contributed by atoms with Crippen molar-refractivity contribution in [2.75, 3.05) is 13.2 Å². The first-order valence-electron chi connectivity index (χ1n) is 28.5. The zero-order valence-electron chi connectivity index (χ0n) is 43.5. The third-order valence-electron chi connectivity index (χ3n) is 12.6. The molecule has 1 unspecified atom stereocenters. The third kappa shape index (κ3) is 52.5. The van der Waals surface area contributed by atoms with Crippen molar-refractivity contribution < 1.29 is 28.6 Å². The van der Waals surface area contributed by atoms with Gasteiger partial charge in [0.25, 0.3) is 0 Å². The molecule has 65 heavy (non-hydrogen) atoms. The molecule has 0 spiro atoms. The minimum atomic E-state index is -0.772. The lowest BCUT2D eigenvalue weighted by molar-refractivity contribution is -0.167. The second kappa shape index (κ2) is 54.2. The number of rotatable bonds is 52. The van der Waals surface area contributed by atoms with Crippen LogP contribution in [0.3, 0.4) is 0 Å². The second-order valence-corrected chi connectivity index (χ2v) is 19.2. The SMILES string of the molecule is CCCCC/C=C\C/C=C\C/C=C\CCCCCCCCC(=O)OCC(COC(=O)CCCCCCCCCCCCCCC)OC(=O)CCCCCCCCCCCCCCCCC. The van der Waals surface area contributed by atoms with Gasteiger partial charge in [0.1, 0.15) is 13.2 Å². The summed E-state index contributed by atoms with van der Waals surface area (Å²) in [5.74, 6) is -0.867. The van der Waals surface area contributed by atoms with E-state index in [9.17, 15) is 14.4 Å². The van der Waals surface area contributed by atoms with Gasteiger partial charge in [0.2, 0.25) is 0 Å². The molecule has 0 aliphatic rings. The molecule has 0 bridgehead atoms. The molecule has 6 heteroatoms. The number of allylic oxidation sites excluding steroid dienone is 6. The third-order valence-corrected chi connectivity index (χ3v) is 12.6. The van der Waals surface area contributed by atoms with Gasteiger partial charge in [0.15, 0.2) is 6.10 Å². The summed E-state index contributed by atoms with van der Waals surface area (Å²) in [6, 6.07) is 0. The van der Waals surface area contributed by atoms with Crippen molar-refractivity contribution in [1.29, 1.82) is 0 Å². The van der Waals surface area contributed by atoms with E-state index < -0.39 is 6.10 Å². The standard InChI is InChI=1S/C59H108O6/c1-4-7-10-13-16-19-22-25-27-28-29-30-32-34-37-40-43-46-49-52-58(61)64-55-56(54-63-57(60)51-48-45-42-39-36-33-24-21-18-15-12-9-6-3)65-59(62)53-50-47-44-41-38-35-31-26-23-20-17-14-11-8-5-2/h16,19,25,27,29-30,56H,4-15,17-18,20-24,26,28,31-55H2,1-3H3/b19-16-,27-25-,30-29-. The number of carbonyl (C=O) groups excluding carboxylic acids is 3. The Labute approximate surface area is 404 Å². The Morgan fingerprint density at radius 1 is 0.308 bits per heavy atom. The maximum atomic E-state index is 12.8. The van der Waals surface area contributed by atoms with Gasteiger partial charge in [-0.1, -0.05) is 263 Å². The molecule has 0 saturated heterocycles. The summed E-state index contributed by atoms with van der Waals surface area (Å²) in [6.07, 6.45) is 64.1. The van der Waals surface area contributed by atoms with E-state index in [0.717, 1.165) is 77.0 Å². The van der Waals surface area contributed by atoms with Gasteiger partial charge in [-0.3, -0.25) is 14.4 Å². The molecular formula is C59H108O6. The quantitative estimate of drug-likeness (QED) is 0.0262. The number of ether oxygens (including phenoxy) is 3. The maximum Gasteiger partial charge on any atom is 0.306 e. The number of hydrogen-bond acceptors (Lipinski definition) is 6. The molecule has 0 aliphatic heterocycles. The van der Waals surface area contributed by atoms with Gasteiger partial charge in [0.05, 0.1) is 0 Å². The monoisotopic (exact) mass is 913 g/mol. The first kappa shape index (κ1) is 62.6. The van der Waals surface area contributed by atoms with Crippen LogP contribution in [0.1, 0.15) is 303 Å². The van der Waals surface area contributed by atoms with Gasteiger partial charge in [-0.05, 0) is 57.8 Å². The summed E-state index contributed by atoms with van der Waals surface area (Å²) in [6.45, 7) is 6.64. The molecule has 0 saturated carbocycles. The normalized spacial score (nSPS) is 12.2. The lowest BCUT2D eigenvalue weighted by Crippen LogP contribution is -2.30. The molecule has 0 aromatic heterocycles. The number of hydrogen-bond donors (Lipinski definition) is 0. The van der Waals surface area contributed by atoms with Crippen LogP contribution in [0.4, 0.5) is 0 Å². The average Bonchev–Trinajstić information content (AvgIpc) is 3.30. The molecule has 0 fully saturated rings. The van der Waals surface area contributed by atoms with Gasteiger partial charge in [-0.25, -0.2) is 0 Å². The van der Waals surface area contributed by atoms with Gasteiger partial charge in [0, 0.05) is 19.3 Å². The number of esters is 3. The Morgan fingerprint density at radius 2 is 0.554 bits per heavy atom. The highest BCUT2D eigenvalue weighted by Gasteiger charge is 2.19. The highest BCUT2D eigenvalue weighted by atomic mass is 16.6. The molecule has 0 aliphatic carbocycles. The molecule has 0 amide bonds. The highest BCUT2D eigenvalue weighted by Crippen LogP contribution is 2.16. The molecular weight excluding hydrogens is 805 g/mol. The van der Waals surface area contributed by atoms with Crippen LogP contribution in [0.5, 0.6) is 0 Å². The summed E-state index contributed by atoms with van der Waals surface area (Å²) < 4.78 is 16.9. The van der Waals surface area contributed by atoms with Crippen LogP contribution in [-0.2, 0) is 28.6 Å². The van der Waals surface area contributed by atoms with Gasteiger partial charge in [-0.2, -0.15) is 0 Å². The summed E-state index contributed by atoms with van der Waals surface area (Å²) in [5, 5.41) is 0. The first-order valence-corrected chi connectivity index (χ1v) is 28.5. The van der Waals surface area contributed by atoms with E-state index in [1.165, 1.54) is 186 Å². The van der Waals surface area contributed by atoms with Crippen LogP contribution in [0.25, 0.3) is 0 Å². The molecule has 0 radical (unpaired) electrons. The lowest BCUT2D eigenvalue weighted by Gasteiger charge is -2.18. The molecule has 6 nitrogen and oxygen atoms in total. The minimum Gasteiger partial charge on any atom is -0.462 e. The zero-order valence-corrected chi connectivity index (χ0v) is 43.5.